The van der Waals surface area contributed by atoms with Gasteiger partial charge < -0.3 is 10.4 Å². The Hall–Kier alpha value is -2.29. The summed E-state index contributed by atoms with van der Waals surface area (Å²) in [5.74, 6) is -0.873. The van der Waals surface area contributed by atoms with Gasteiger partial charge in [0.05, 0.1) is 11.3 Å². The van der Waals surface area contributed by atoms with Crippen LogP contribution in [0.15, 0.2) is 42.5 Å². The van der Waals surface area contributed by atoms with Crippen LogP contribution in [-0.4, -0.2) is 16.6 Å². The fourth-order valence-electron chi connectivity index (χ4n) is 4.07. The van der Waals surface area contributed by atoms with Crippen LogP contribution in [0.4, 0.5) is 5.69 Å². The van der Waals surface area contributed by atoms with Gasteiger partial charge >= 0.3 is 5.97 Å². The lowest BCUT2D eigenvalue weighted by molar-refractivity contribution is 0.0697. The number of aromatic carboxylic acids is 1. The van der Waals surface area contributed by atoms with Crippen LogP contribution in [0.2, 0.25) is 0 Å². The van der Waals surface area contributed by atoms with E-state index in [2.05, 4.69) is 63.3 Å². The summed E-state index contributed by atoms with van der Waals surface area (Å²) in [6.45, 7) is 8.56. The van der Waals surface area contributed by atoms with E-state index < -0.39 is 5.97 Å². The normalized spacial score (nSPS) is 21.7. The van der Waals surface area contributed by atoms with Crippen LogP contribution in [0.5, 0.6) is 0 Å². The molecule has 0 aromatic heterocycles. The third kappa shape index (κ3) is 2.68. The Morgan fingerprint density at radius 1 is 1.17 bits per heavy atom. The van der Waals surface area contributed by atoms with Crippen molar-refractivity contribution in [3.05, 3.63) is 64.7 Å². The van der Waals surface area contributed by atoms with Crippen molar-refractivity contribution in [2.24, 2.45) is 0 Å². The minimum absolute atomic E-state index is 0.185. The second-order valence-electron chi connectivity index (χ2n) is 7.61. The first-order valence-electron chi connectivity index (χ1n) is 8.51. The first-order chi connectivity index (χ1) is 11.3. The summed E-state index contributed by atoms with van der Waals surface area (Å²) in [4.78, 5) is 11.9. The summed E-state index contributed by atoms with van der Waals surface area (Å²) in [6.07, 6.45) is 1.73. The molecule has 2 aromatic rings. The van der Waals surface area contributed by atoms with Gasteiger partial charge in [-0.1, -0.05) is 50.2 Å². The molecule has 3 rings (SSSR count). The average molecular weight is 323 g/mol. The topological polar surface area (TPSA) is 49.3 Å². The first kappa shape index (κ1) is 16.6. The maximum Gasteiger partial charge on any atom is 0.337 e. The van der Waals surface area contributed by atoms with E-state index in [1.165, 1.54) is 5.56 Å². The van der Waals surface area contributed by atoms with Crippen LogP contribution in [0.25, 0.3) is 0 Å². The van der Waals surface area contributed by atoms with Crippen LogP contribution in [0, 0.1) is 0 Å². The van der Waals surface area contributed by atoms with E-state index in [-0.39, 0.29) is 11.0 Å². The monoisotopic (exact) mass is 323 g/mol. The van der Waals surface area contributed by atoms with Gasteiger partial charge in [-0.3, -0.25) is 0 Å². The van der Waals surface area contributed by atoms with Crippen molar-refractivity contribution in [2.75, 3.05) is 5.32 Å². The predicted octanol–water partition coefficient (Wildman–Crippen LogP) is 4.85. The molecule has 0 saturated carbocycles. The van der Waals surface area contributed by atoms with Gasteiger partial charge in [0.15, 0.2) is 0 Å². The molecule has 2 N–H and O–H groups in total. The molecule has 3 heteroatoms. The molecule has 2 aromatic carbocycles. The Morgan fingerprint density at radius 3 is 2.42 bits per heavy atom. The van der Waals surface area contributed by atoms with Gasteiger partial charge in [0, 0.05) is 11.0 Å². The van der Waals surface area contributed by atoms with Crippen LogP contribution in [0.1, 0.15) is 61.2 Å². The summed E-state index contributed by atoms with van der Waals surface area (Å²) in [6, 6.07) is 14.4. The molecule has 0 saturated heterocycles. The molecule has 126 valence electrons. The quantitative estimate of drug-likeness (QED) is 0.849. The number of carboxylic acids is 1. The zero-order chi connectivity index (χ0) is 17.5. The van der Waals surface area contributed by atoms with E-state index in [1.807, 2.05) is 6.07 Å². The van der Waals surface area contributed by atoms with Gasteiger partial charge in [-0.05, 0) is 49.4 Å². The van der Waals surface area contributed by atoms with Crippen molar-refractivity contribution < 1.29 is 9.90 Å². The zero-order valence-corrected chi connectivity index (χ0v) is 14.8. The average Bonchev–Trinajstić information content (AvgIpc) is 2.54. The number of nitrogens with one attached hydrogen (secondary N) is 1. The van der Waals surface area contributed by atoms with E-state index in [1.54, 1.807) is 6.07 Å². The van der Waals surface area contributed by atoms with E-state index >= 15 is 0 Å². The van der Waals surface area contributed by atoms with Gasteiger partial charge in [0.25, 0.3) is 0 Å². The molecule has 0 amide bonds. The van der Waals surface area contributed by atoms with Crippen LogP contribution < -0.4 is 5.32 Å². The first-order valence-corrected chi connectivity index (χ1v) is 8.51. The molecule has 0 bridgehead atoms. The second-order valence-corrected chi connectivity index (χ2v) is 7.61. The molecule has 0 spiro atoms. The van der Waals surface area contributed by atoms with Crippen LogP contribution >= 0.6 is 0 Å². The molecule has 0 unspecified atom stereocenters. The highest BCUT2D eigenvalue weighted by Gasteiger charge is 2.43. The number of aryl methyl sites for hydroxylation is 1. The molecule has 0 radical (unpaired) electrons. The molecular formula is C21H25NO2. The number of carboxylic acid groups (broad SMARTS) is 1. The number of anilines is 1. The smallest absolute Gasteiger partial charge is 0.337 e. The van der Waals surface area contributed by atoms with Gasteiger partial charge in [-0.15, -0.1) is 0 Å². The molecule has 0 aliphatic carbocycles. The summed E-state index contributed by atoms with van der Waals surface area (Å²) in [5.41, 5.74) is 4.11. The largest absolute Gasteiger partial charge is 0.478 e. The highest BCUT2D eigenvalue weighted by molar-refractivity contribution is 5.96. The maximum atomic E-state index is 11.9. The number of benzene rings is 2. The third-order valence-corrected chi connectivity index (χ3v) is 5.10. The molecule has 1 aliphatic heterocycles. The minimum Gasteiger partial charge on any atom is -0.478 e. The highest BCUT2D eigenvalue weighted by Crippen LogP contribution is 2.48. The zero-order valence-electron chi connectivity index (χ0n) is 14.8. The molecule has 1 heterocycles. The van der Waals surface area contributed by atoms with Crippen molar-refractivity contribution in [1.29, 1.82) is 0 Å². The SMILES string of the molecule is CCc1cc(C(=O)O)c2c(c1)[C@@](C)(c1ccccc1)CC(C)(C)N2. The standard InChI is InChI=1S/C21H25NO2/c1-5-14-11-16(19(23)24)18-17(12-14)21(4,13-20(2,3)22-18)15-9-7-6-8-10-15/h6-12,22H,5,13H2,1-4H3,(H,23,24)/t21-/m1/s1. The Morgan fingerprint density at radius 2 is 1.83 bits per heavy atom. The van der Waals surface area contributed by atoms with E-state index in [0.29, 0.717) is 5.56 Å². The fraction of sp³-hybridized carbons (Fsp3) is 0.381. The van der Waals surface area contributed by atoms with Gasteiger partial charge in [0.2, 0.25) is 0 Å². The Kier molecular flexibility index (Phi) is 3.90. The fourth-order valence-corrected chi connectivity index (χ4v) is 4.07. The number of fused-ring (bicyclic) bond motifs is 1. The van der Waals surface area contributed by atoms with Gasteiger partial charge in [-0.25, -0.2) is 4.79 Å². The Balaban J connectivity index is 2.32. The summed E-state index contributed by atoms with van der Waals surface area (Å²) >= 11 is 0. The Labute approximate surface area is 143 Å². The Bertz CT molecular complexity index is 780. The maximum absolute atomic E-state index is 11.9. The van der Waals surface area contributed by atoms with Crippen molar-refractivity contribution in [1.82, 2.24) is 0 Å². The summed E-state index contributed by atoms with van der Waals surface area (Å²) in [5, 5.41) is 13.2. The molecule has 24 heavy (non-hydrogen) atoms. The number of hydrogen-bond acceptors (Lipinski definition) is 2. The minimum atomic E-state index is -0.873. The summed E-state index contributed by atoms with van der Waals surface area (Å²) < 4.78 is 0. The number of rotatable bonds is 3. The number of carbonyl (C=O) groups is 1. The van der Waals surface area contributed by atoms with Crippen molar-refractivity contribution in [3.8, 4) is 0 Å². The second kappa shape index (κ2) is 5.66. The highest BCUT2D eigenvalue weighted by atomic mass is 16.4. The third-order valence-electron chi connectivity index (χ3n) is 5.10. The van der Waals surface area contributed by atoms with Gasteiger partial charge in [0.1, 0.15) is 0 Å². The van der Waals surface area contributed by atoms with Gasteiger partial charge in [-0.2, -0.15) is 0 Å². The molecule has 3 nitrogen and oxygen atoms in total. The lowest BCUT2D eigenvalue weighted by Crippen LogP contribution is -2.45. The van der Waals surface area contributed by atoms with Crippen LogP contribution in [-0.2, 0) is 11.8 Å². The molecule has 1 aliphatic rings. The number of hydrogen-bond donors (Lipinski definition) is 2. The van der Waals surface area contributed by atoms with Crippen molar-refractivity contribution in [3.63, 3.8) is 0 Å². The molecule has 1 atom stereocenters. The summed E-state index contributed by atoms with van der Waals surface area (Å²) in [7, 11) is 0. The van der Waals surface area contributed by atoms with Crippen molar-refractivity contribution >= 4 is 11.7 Å². The van der Waals surface area contributed by atoms with Crippen LogP contribution in [0.3, 0.4) is 0 Å². The van der Waals surface area contributed by atoms with E-state index in [4.69, 9.17) is 0 Å². The predicted molar refractivity (Wildman–Crippen MR) is 98.0 cm³/mol. The lowest BCUT2D eigenvalue weighted by atomic mass is 9.65. The lowest BCUT2D eigenvalue weighted by Gasteiger charge is -2.46. The molecular weight excluding hydrogens is 298 g/mol. The van der Waals surface area contributed by atoms with Crippen molar-refractivity contribution in [2.45, 2.75) is 51.5 Å². The molecule has 0 fully saturated rings. The van der Waals surface area contributed by atoms with E-state index in [0.717, 1.165) is 29.7 Å². The van der Waals surface area contributed by atoms with E-state index in [9.17, 15) is 9.90 Å².